The van der Waals surface area contributed by atoms with Crippen molar-refractivity contribution in [1.82, 2.24) is 0 Å². The molecule has 19 heavy (non-hydrogen) atoms. The Labute approximate surface area is 120 Å². The van der Waals surface area contributed by atoms with Crippen LogP contribution in [0.15, 0.2) is 46.9 Å². The first-order valence-electron chi connectivity index (χ1n) is 6.09. The highest BCUT2D eigenvalue weighted by Gasteiger charge is 2.01. The molecule has 4 heteroatoms. The average Bonchev–Trinajstić information content (AvgIpc) is 2.41. The van der Waals surface area contributed by atoms with Crippen molar-refractivity contribution >= 4 is 21.6 Å². The number of halogens is 2. The predicted molar refractivity (Wildman–Crippen MR) is 79.0 cm³/mol. The standard InChI is InChI=1S/C15H15BrFNO/c1-2-19-13-5-3-4-12(9-13)18-10-11-6-7-14(16)15(17)8-11/h3-9,18H,2,10H2,1H3. The van der Waals surface area contributed by atoms with Gasteiger partial charge in [-0.1, -0.05) is 12.1 Å². The molecule has 1 N–H and O–H groups in total. The van der Waals surface area contributed by atoms with Crippen LogP contribution in [0.2, 0.25) is 0 Å². The molecule has 0 saturated carbocycles. The van der Waals surface area contributed by atoms with Crippen molar-refractivity contribution in [2.24, 2.45) is 0 Å². The van der Waals surface area contributed by atoms with Crippen LogP contribution in [-0.2, 0) is 6.54 Å². The van der Waals surface area contributed by atoms with Gasteiger partial charge in [0.2, 0.25) is 0 Å². The minimum Gasteiger partial charge on any atom is -0.494 e. The van der Waals surface area contributed by atoms with Crippen molar-refractivity contribution in [3.8, 4) is 5.75 Å². The lowest BCUT2D eigenvalue weighted by Gasteiger charge is -2.09. The average molecular weight is 324 g/mol. The number of hydrogen-bond donors (Lipinski definition) is 1. The Morgan fingerprint density at radius 2 is 2.05 bits per heavy atom. The molecule has 0 unspecified atom stereocenters. The van der Waals surface area contributed by atoms with E-state index >= 15 is 0 Å². The molecular formula is C15H15BrFNO. The van der Waals surface area contributed by atoms with Crippen molar-refractivity contribution in [3.63, 3.8) is 0 Å². The van der Waals surface area contributed by atoms with Gasteiger partial charge in [0.1, 0.15) is 11.6 Å². The van der Waals surface area contributed by atoms with Gasteiger partial charge in [0.25, 0.3) is 0 Å². The van der Waals surface area contributed by atoms with E-state index in [1.54, 1.807) is 6.07 Å². The Morgan fingerprint density at radius 3 is 2.79 bits per heavy atom. The molecule has 0 spiro atoms. The van der Waals surface area contributed by atoms with Crippen molar-refractivity contribution < 1.29 is 9.13 Å². The normalized spacial score (nSPS) is 10.3. The first-order chi connectivity index (χ1) is 9.19. The number of ether oxygens (including phenoxy) is 1. The van der Waals surface area contributed by atoms with E-state index in [9.17, 15) is 4.39 Å². The maximum Gasteiger partial charge on any atom is 0.137 e. The van der Waals surface area contributed by atoms with Crippen LogP contribution in [0.25, 0.3) is 0 Å². The third-order valence-corrected chi connectivity index (χ3v) is 3.27. The predicted octanol–water partition coefficient (Wildman–Crippen LogP) is 4.60. The highest BCUT2D eigenvalue weighted by molar-refractivity contribution is 9.10. The zero-order valence-corrected chi connectivity index (χ0v) is 12.2. The summed E-state index contributed by atoms with van der Waals surface area (Å²) in [4.78, 5) is 0. The first-order valence-corrected chi connectivity index (χ1v) is 6.89. The fourth-order valence-corrected chi connectivity index (χ4v) is 1.96. The van der Waals surface area contributed by atoms with Crippen molar-refractivity contribution in [2.75, 3.05) is 11.9 Å². The zero-order valence-electron chi connectivity index (χ0n) is 10.6. The molecule has 100 valence electrons. The van der Waals surface area contributed by atoms with Crippen LogP contribution in [0.5, 0.6) is 5.75 Å². The van der Waals surface area contributed by atoms with Gasteiger partial charge in [0.05, 0.1) is 11.1 Å². The van der Waals surface area contributed by atoms with Crippen LogP contribution in [0.3, 0.4) is 0 Å². The Hall–Kier alpha value is -1.55. The lowest BCUT2D eigenvalue weighted by molar-refractivity contribution is 0.340. The maximum absolute atomic E-state index is 13.4. The van der Waals surface area contributed by atoms with Crippen molar-refractivity contribution in [2.45, 2.75) is 13.5 Å². The monoisotopic (exact) mass is 323 g/mol. The number of hydrogen-bond acceptors (Lipinski definition) is 2. The summed E-state index contributed by atoms with van der Waals surface area (Å²) >= 11 is 3.14. The molecule has 2 nitrogen and oxygen atoms in total. The largest absolute Gasteiger partial charge is 0.494 e. The van der Waals surface area contributed by atoms with E-state index in [4.69, 9.17) is 4.74 Å². The van der Waals surface area contributed by atoms with Gasteiger partial charge in [-0.2, -0.15) is 0 Å². The van der Waals surface area contributed by atoms with Gasteiger partial charge < -0.3 is 10.1 Å². The van der Waals surface area contributed by atoms with Crippen molar-refractivity contribution in [3.05, 3.63) is 58.3 Å². The molecule has 2 aromatic rings. The number of rotatable bonds is 5. The second kappa shape index (κ2) is 6.57. The Balaban J connectivity index is 2.01. The number of nitrogens with one attached hydrogen (secondary N) is 1. The lowest BCUT2D eigenvalue weighted by Crippen LogP contribution is -2.00. The summed E-state index contributed by atoms with van der Waals surface area (Å²) in [7, 11) is 0. The van der Waals surface area contributed by atoms with Gasteiger partial charge >= 0.3 is 0 Å². The van der Waals surface area contributed by atoms with Crippen LogP contribution in [-0.4, -0.2) is 6.61 Å². The quantitative estimate of drug-likeness (QED) is 0.868. The van der Waals surface area contributed by atoms with E-state index in [0.717, 1.165) is 17.0 Å². The van der Waals surface area contributed by atoms with Gasteiger partial charge in [-0.05, 0) is 52.7 Å². The molecule has 0 radical (unpaired) electrons. The summed E-state index contributed by atoms with van der Waals surface area (Å²) in [5, 5.41) is 3.24. The molecule has 2 aromatic carbocycles. The van der Waals surface area contributed by atoms with Crippen LogP contribution in [0.1, 0.15) is 12.5 Å². The van der Waals surface area contributed by atoms with Gasteiger partial charge in [-0.25, -0.2) is 4.39 Å². The van der Waals surface area contributed by atoms with Gasteiger partial charge in [0.15, 0.2) is 0 Å². The third-order valence-electron chi connectivity index (χ3n) is 2.63. The molecule has 0 atom stereocenters. The molecular weight excluding hydrogens is 309 g/mol. The van der Waals surface area contributed by atoms with Crippen LogP contribution in [0.4, 0.5) is 10.1 Å². The van der Waals surface area contributed by atoms with Gasteiger partial charge in [-0.15, -0.1) is 0 Å². The van der Waals surface area contributed by atoms with Crippen LogP contribution in [0, 0.1) is 5.82 Å². The maximum atomic E-state index is 13.4. The minimum atomic E-state index is -0.248. The topological polar surface area (TPSA) is 21.3 Å². The summed E-state index contributed by atoms with van der Waals surface area (Å²) in [6, 6.07) is 12.8. The molecule has 0 aliphatic heterocycles. The summed E-state index contributed by atoms with van der Waals surface area (Å²) in [6.07, 6.45) is 0. The number of benzene rings is 2. The van der Waals surface area contributed by atoms with Crippen molar-refractivity contribution in [1.29, 1.82) is 0 Å². The minimum absolute atomic E-state index is 0.248. The Bertz CT molecular complexity index is 560. The van der Waals surface area contributed by atoms with Gasteiger partial charge in [-0.3, -0.25) is 0 Å². The van der Waals surface area contributed by atoms with Crippen LogP contribution >= 0.6 is 15.9 Å². The second-order valence-electron chi connectivity index (χ2n) is 4.06. The molecule has 0 aliphatic rings. The summed E-state index contributed by atoms with van der Waals surface area (Å²) in [5.74, 6) is 0.580. The smallest absolute Gasteiger partial charge is 0.137 e. The molecule has 0 aliphatic carbocycles. The molecule has 0 bridgehead atoms. The first kappa shape index (κ1) is 13.9. The van der Waals surface area contributed by atoms with E-state index in [1.165, 1.54) is 6.07 Å². The second-order valence-corrected chi connectivity index (χ2v) is 4.92. The van der Waals surface area contributed by atoms with E-state index in [1.807, 2.05) is 37.3 Å². The zero-order chi connectivity index (χ0) is 13.7. The lowest BCUT2D eigenvalue weighted by atomic mass is 10.2. The summed E-state index contributed by atoms with van der Waals surface area (Å²) < 4.78 is 19.3. The SMILES string of the molecule is CCOc1cccc(NCc2ccc(Br)c(F)c2)c1. The van der Waals surface area contributed by atoms with E-state index in [-0.39, 0.29) is 5.82 Å². The Morgan fingerprint density at radius 1 is 1.21 bits per heavy atom. The summed E-state index contributed by atoms with van der Waals surface area (Å²) in [5.41, 5.74) is 1.84. The molecule has 0 fully saturated rings. The van der Waals surface area contributed by atoms with E-state index in [2.05, 4.69) is 21.2 Å². The van der Waals surface area contributed by atoms with Crippen LogP contribution < -0.4 is 10.1 Å². The highest BCUT2D eigenvalue weighted by Crippen LogP contribution is 2.20. The van der Waals surface area contributed by atoms with E-state index in [0.29, 0.717) is 17.6 Å². The molecule has 0 saturated heterocycles. The third kappa shape index (κ3) is 3.96. The Kier molecular flexibility index (Phi) is 4.80. The fraction of sp³-hybridized carbons (Fsp3) is 0.200. The van der Waals surface area contributed by atoms with E-state index < -0.39 is 0 Å². The highest BCUT2D eigenvalue weighted by atomic mass is 79.9. The molecule has 2 rings (SSSR count). The fourth-order valence-electron chi connectivity index (χ4n) is 1.72. The molecule has 0 aromatic heterocycles. The molecule has 0 amide bonds. The molecule has 0 heterocycles. The number of anilines is 1. The van der Waals surface area contributed by atoms with Gasteiger partial charge in [0, 0.05) is 18.3 Å². The summed E-state index contributed by atoms with van der Waals surface area (Å²) in [6.45, 7) is 3.16.